The van der Waals surface area contributed by atoms with Crippen LogP contribution in [0.25, 0.3) is 0 Å². The highest BCUT2D eigenvalue weighted by Gasteiger charge is 2.19. The van der Waals surface area contributed by atoms with Crippen LogP contribution in [0.5, 0.6) is 17.2 Å². The minimum absolute atomic E-state index is 0.276. The fourth-order valence-electron chi connectivity index (χ4n) is 2.37. The Morgan fingerprint density at radius 1 is 1.19 bits per heavy atom. The first kappa shape index (κ1) is 16.3. The van der Waals surface area contributed by atoms with Gasteiger partial charge in [-0.2, -0.15) is 11.8 Å². The lowest BCUT2D eigenvalue weighted by molar-refractivity contribution is 0.171. The van der Waals surface area contributed by atoms with Crippen LogP contribution in [0.2, 0.25) is 0 Å². The van der Waals surface area contributed by atoms with Crippen molar-refractivity contribution < 1.29 is 14.2 Å². The lowest BCUT2D eigenvalue weighted by atomic mass is 10.1. The number of nitrogens with one attached hydrogen (secondary N) is 1. The molecule has 0 aromatic heterocycles. The van der Waals surface area contributed by atoms with Crippen LogP contribution in [0, 0.1) is 0 Å². The second kappa shape index (κ2) is 9.05. The molecule has 1 heterocycles. The first-order valence-corrected chi connectivity index (χ1v) is 8.90. The van der Waals surface area contributed by atoms with Gasteiger partial charge in [-0.25, -0.2) is 0 Å². The summed E-state index contributed by atoms with van der Waals surface area (Å²) in [5.74, 6) is 3.53. The Hall–Kier alpha value is -1.07. The van der Waals surface area contributed by atoms with E-state index in [2.05, 4.69) is 11.6 Å². The SMILES string of the molecule is COc1cc(CNCCCCCCSC)cc2c1OCO2. The van der Waals surface area contributed by atoms with E-state index in [0.717, 1.165) is 30.3 Å². The molecule has 1 aliphatic rings. The van der Waals surface area contributed by atoms with E-state index >= 15 is 0 Å². The quantitative estimate of drug-likeness (QED) is 0.670. The minimum atomic E-state index is 0.276. The third-order valence-electron chi connectivity index (χ3n) is 3.50. The van der Waals surface area contributed by atoms with Gasteiger partial charge in [-0.05, 0) is 49.1 Å². The van der Waals surface area contributed by atoms with Crippen LogP contribution < -0.4 is 19.5 Å². The first-order valence-electron chi connectivity index (χ1n) is 7.51. The highest BCUT2D eigenvalue weighted by atomic mass is 32.2. The average Bonchev–Trinajstić information content (AvgIpc) is 2.97. The van der Waals surface area contributed by atoms with Gasteiger partial charge in [-0.1, -0.05) is 12.8 Å². The molecule has 0 saturated heterocycles. The minimum Gasteiger partial charge on any atom is -0.493 e. The van der Waals surface area contributed by atoms with Gasteiger partial charge in [0.15, 0.2) is 11.5 Å². The summed E-state index contributed by atoms with van der Waals surface area (Å²) in [6.07, 6.45) is 7.37. The predicted molar refractivity (Wildman–Crippen MR) is 87.7 cm³/mol. The topological polar surface area (TPSA) is 39.7 Å². The van der Waals surface area contributed by atoms with E-state index in [1.807, 2.05) is 23.9 Å². The summed E-state index contributed by atoms with van der Waals surface area (Å²) in [7, 11) is 1.66. The monoisotopic (exact) mass is 311 g/mol. The maximum Gasteiger partial charge on any atom is 0.231 e. The summed E-state index contributed by atoms with van der Waals surface area (Å²) in [5, 5.41) is 3.48. The number of unbranched alkanes of at least 4 members (excludes halogenated alkanes) is 3. The van der Waals surface area contributed by atoms with Crippen LogP contribution in [0.3, 0.4) is 0 Å². The summed E-state index contributed by atoms with van der Waals surface area (Å²) in [5.41, 5.74) is 1.17. The average molecular weight is 311 g/mol. The van der Waals surface area contributed by atoms with Gasteiger partial charge in [0.25, 0.3) is 0 Å². The smallest absolute Gasteiger partial charge is 0.231 e. The van der Waals surface area contributed by atoms with E-state index < -0.39 is 0 Å². The van der Waals surface area contributed by atoms with Crippen molar-refractivity contribution in [2.45, 2.75) is 32.2 Å². The molecule has 0 amide bonds. The molecule has 0 unspecified atom stereocenters. The van der Waals surface area contributed by atoms with Crippen molar-refractivity contribution in [1.29, 1.82) is 0 Å². The molecule has 4 nitrogen and oxygen atoms in total. The number of hydrogen-bond acceptors (Lipinski definition) is 5. The molecule has 0 spiro atoms. The van der Waals surface area contributed by atoms with E-state index in [1.165, 1.54) is 37.0 Å². The predicted octanol–water partition coefficient (Wildman–Crippen LogP) is 3.44. The highest BCUT2D eigenvalue weighted by molar-refractivity contribution is 7.98. The van der Waals surface area contributed by atoms with Gasteiger partial charge in [0.2, 0.25) is 12.5 Å². The van der Waals surface area contributed by atoms with Gasteiger partial charge in [-0.15, -0.1) is 0 Å². The third-order valence-corrected chi connectivity index (χ3v) is 4.20. The summed E-state index contributed by atoms with van der Waals surface area (Å²) in [6, 6.07) is 4.04. The fourth-order valence-corrected chi connectivity index (χ4v) is 2.86. The molecular formula is C16H25NO3S. The largest absolute Gasteiger partial charge is 0.493 e. The van der Waals surface area contributed by atoms with E-state index in [4.69, 9.17) is 14.2 Å². The summed E-state index contributed by atoms with van der Waals surface area (Å²) in [6.45, 7) is 2.16. The van der Waals surface area contributed by atoms with Gasteiger partial charge in [0.05, 0.1) is 7.11 Å². The number of fused-ring (bicyclic) bond motifs is 1. The van der Waals surface area contributed by atoms with Gasteiger partial charge in [0, 0.05) is 6.54 Å². The van der Waals surface area contributed by atoms with Crippen LogP contribution in [-0.2, 0) is 6.54 Å². The van der Waals surface area contributed by atoms with Crippen LogP contribution in [-0.4, -0.2) is 32.5 Å². The Bertz CT molecular complexity index is 440. The van der Waals surface area contributed by atoms with Crippen molar-refractivity contribution in [1.82, 2.24) is 5.32 Å². The lowest BCUT2D eigenvalue weighted by Gasteiger charge is -2.09. The second-order valence-corrected chi connectivity index (χ2v) is 6.10. The first-order chi connectivity index (χ1) is 10.3. The highest BCUT2D eigenvalue weighted by Crippen LogP contribution is 2.41. The van der Waals surface area contributed by atoms with Gasteiger partial charge < -0.3 is 19.5 Å². The van der Waals surface area contributed by atoms with E-state index in [0.29, 0.717) is 0 Å². The molecule has 2 rings (SSSR count). The van der Waals surface area contributed by atoms with Gasteiger partial charge >= 0.3 is 0 Å². The van der Waals surface area contributed by atoms with E-state index in [1.54, 1.807) is 7.11 Å². The number of benzene rings is 1. The molecule has 0 fully saturated rings. The van der Waals surface area contributed by atoms with Gasteiger partial charge in [0.1, 0.15) is 0 Å². The molecule has 0 saturated carbocycles. The number of rotatable bonds is 10. The Labute approximate surface area is 131 Å². The molecule has 118 valence electrons. The molecule has 1 N–H and O–H groups in total. The van der Waals surface area contributed by atoms with Crippen molar-refractivity contribution >= 4 is 11.8 Å². The molecule has 0 radical (unpaired) electrons. The molecular weight excluding hydrogens is 286 g/mol. The van der Waals surface area contributed by atoms with E-state index in [-0.39, 0.29) is 6.79 Å². The Morgan fingerprint density at radius 2 is 2.05 bits per heavy atom. The zero-order chi connectivity index (χ0) is 14.9. The van der Waals surface area contributed by atoms with Crippen molar-refractivity contribution in [3.63, 3.8) is 0 Å². The van der Waals surface area contributed by atoms with Crippen molar-refractivity contribution in [2.24, 2.45) is 0 Å². The maximum absolute atomic E-state index is 5.43. The second-order valence-electron chi connectivity index (χ2n) is 5.12. The standard InChI is InChI=1S/C16H25NO3S/c1-18-14-9-13(10-15-16(14)20-12-19-15)11-17-7-5-3-4-6-8-21-2/h9-10,17H,3-8,11-12H2,1-2H3. The number of ether oxygens (including phenoxy) is 3. The molecule has 1 aromatic rings. The Kier molecular flexibility index (Phi) is 7.03. The van der Waals surface area contributed by atoms with Crippen LogP contribution in [0.15, 0.2) is 12.1 Å². The number of methoxy groups -OCH3 is 1. The van der Waals surface area contributed by atoms with Crippen molar-refractivity contribution in [3.8, 4) is 17.2 Å². The van der Waals surface area contributed by atoms with Gasteiger partial charge in [-0.3, -0.25) is 0 Å². The molecule has 21 heavy (non-hydrogen) atoms. The zero-order valence-electron chi connectivity index (χ0n) is 12.9. The molecule has 0 aliphatic carbocycles. The number of hydrogen-bond donors (Lipinski definition) is 1. The number of thioether (sulfide) groups is 1. The zero-order valence-corrected chi connectivity index (χ0v) is 13.8. The normalized spacial score (nSPS) is 12.7. The maximum atomic E-state index is 5.43. The van der Waals surface area contributed by atoms with Crippen molar-refractivity contribution in [3.05, 3.63) is 17.7 Å². The van der Waals surface area contributed by atoms with Crippen LogP contribution >= 0.6 is 11.8 Å². The summed E-state index contributed by atoms with van der Waals surface area (Å²) < 4.78 is 16.2. The van der Waals surface area contributed by atoms with E-state index in [9.17, 15) is 0 Å². The molecule has 1 aliphatic heterocycles. The summed E-state index contributed by atoms with van der Waals surface area (Å²) in [4.78, 5) is 0. The molecule has 5 heteroatoms. The van der Waals surface area contributed by atoms with Crippen LogP contribution in [0.4, 0.5) is 0 Å². The third kappa shape index (κ3) is 5.00. The molecule has 0 atom stereocenters. The Balaban J connectivity index is 1.69. The fraction of sp³-hybridized carbons (Fsp3) is 0.625. The Morgan fingerprint density at radius 3 is 2.86 bits per heavy atom. The lowest BCUT2D eigenvalue weighted by Crippen LogP contribution is -2.14. The summed E-state index contributed by atoms with van der Waals surface area (Å²) >= 11 is 1.93. The molecule has 0 bridgehead atoms. The van der Waals surface area contributed by atoms with Crippen molar-refractivity contribution in [2.75, 3.05) is 32.5 Å². The molecule has 1 aromatic carbocycles. The van der Waals surface area contributed by atoms with Crippen LogP contribution in [0.1, 0.15) is 31.2 Å².